The van der Waals surface area contributed by atoms with E-state index in [4.69, 9.17) is 5.21 Å². The van der Waals surface area contributed by atoms with Crippen molar-refractivity contribution in [2.24, 2.45) is 7.05 Å². The Labute approximate surface area is 141 Å². The van der Waals surface area contributed by atoms with Crippen LogP contribution in [0.15, 0.2) is 24.4 Å². The first kappa shape index (κ1) is 18.7. The Balaban J connectivity index is 0.000000436. The zero-order valence-electron chi connectivity index (χ0n) is 12.5. The van der Waals surface area contributed by atoms with Crippen LogP contribution in [0.2, 0.25) is 0 Å². The van der Waals surface area contributed by atoms with Gasteiger partial charge in [-0.1, -0.05) is 12.1 Å². The molecule has 1 aromatic heterocycles. The SMILES string of the molecule is Cn1c(NO)cnc1-c1ccc2c(c1)CNC2.O.[CH2-]C[CH]=[W]. The molecule has 1 aromatic carbocycles. The van der Waals surface area contributed by atoms with Gasteiger partial charge < -0.3 is 15.4 Å². The minimum atomic E-state index is 0. The van der Waals surface area contributed by atoms with E-state index in [0.29, 0.717) is 5.82 Å². The molecule has 0 unspecified atom stereocenters. The Morgan fingerprint density at radius 2 is 2.14 bits per heavy atom. The second-order valence-electron chi connectivity index (χ2n) is 4.68. The molecule has 120 valence electrons. The normalized spacial score (nSPS) is 11.8. The minimum absolute atomic E-state index is 0. The number of imidazole rings is 1. The quantitative estimate of drug-likeness (QED) is 0.462. The third-order valence-corrected chi connectivity index (χ3v) is 4.16. The van der Waals surface area contributed by atoms with Gasteiger partial charge in [-0.3, -0.25) is 10.7 Å². The molecule has 0 atom stereocenters. The van der Waals surface area contributed by atoms with E-state index < -0.39 is 0 Å². The van der Waals surface area contributed by atoms with Crippen LogP contribution in [0.4, 0.5) is 5.82 Å². The van der Waals surface area contributed by atoms with Crippen LogP contribution in [-0.4, -0.2) is 24.6 Å². The van der Waals surface area contributed by atoms with Gasteiger partial charge in [0.15, 0.2) is 0 Å². The first-order chi connectivity index (χ1) is 10.2. The van der Waals surface area contributed by atoms with Gasteiger partial charge in [-0.2, -0.15) is 0 Å². The van der Waals surface area contributed by atoms with E-state index in [0.717, 1.165) is 30.9 Å². The zero-order valence-corrected chi connectivity index (χ0v) is 15.4. The van der Waals surface area contributed by atoms with Crippen molar-refractivity contribution < 1.29 is 30.0 Å². The molecule has 5 N–H and O–H groups in total. The molecule has 0 spiro atoms. The molecule has 0 saturated carbocycles. The number of rotatable bonds is 3. The average molecular weight is 473 g/mol. The van der Waals surface area contributed by atoms with Gasteiger partial charge in [-0.25, -0.2) is 4.98 Å². The van der Waals surface area contributed by atoms with Crippen molar-refractivity contribution in [3.05, 3.63) is 42.4 Å². The molecule has 2 heterocycles. The number of anilines is 1. The first-order valence-corrected chi connectivity index (χ1v) is 8.38. The fourth-order valence-corrected chi connectivity index (χ4v) is 2.22. The number of hydrogen-bond acceptors (Lipinski definition) is 4. The van der Waals surface area contributed by atoms with Gasteiger partial charge in [0, 0.05) is 25.7 Å². The van der Waals surface area contributed by atoms with Crippen LogP contribution in [0.3, 0.4) is 0 Å². The fourth-order valence-electron chi connectivity index (χ4n) is 2.22. The van der Waals surface area contributed by atoms with Gasteiger partial charge in [-0.05, 0) is 17.2 Å². The number of hydrogen-bond donors (Lipinski definition) is 3. The van der Waals surface area contributed by atoms with E-state index in [2.05, 4.69) is 45.3 Å². The molecule has 0 amide bonds. The molecule has 22 heavy (non-hydrogen) atoms. The maximum atomic E-state index is 8.91. The predicted octanol–water partition coefficient (Wildman–Crippen LogP) is 1.23. The molecule has 0 saturated heterocycles. The molecule has 1 aliphatic heterocycles. The summed E-state index contributed by atoms with van der Waals surface area (Å²) in [4.78, 5) is 4.30. The van der Waals surface area contributed by atoms with Crippen LogP contribution in [0.5, 0.6) is 0 Å². The number of nitrogens with one attached hydrogen (secondary N) is 2. The van der Waals surface area contributed by atoms with Crippen LogP contribution in [0.25, 0.3) is 11.4 Å². The Kier molecular flexibility index (Phi) is 7.62. The van der Waals surface area contributed by atoms with Gasteiger partial charge >= 0.3 is 37.1 Å². The van der Waals surface area contributed by atoms with Gasteiger partial charge in [0.05, 0.1) is 6.20 Å². The molecular formula is C15H21N4O2W-. The summed E-state index contributed by atoms with van der Waals surface area (Å²) < 4.78 is 3.92. The van der Waals surface area contributed by atoms with Crippen LogP contribution in [-0.2, 0) is 39.5 Å². The molecule has 3 rings (SSSR count). The predicted molar refractivity (Wildman–Crippen MR) is 84.2 cm³/mol. The second-order valence-corrected chi connectivity index (χ2v) is 5.88. The molecule has 1 aliphatic rings. The zero-order chi connectivity index (χ0) is 15.2. The summed E-state index contributed by atoms with van der Waals surface area (Å²) in [5.41, 5.74) is 5.87. The Morgan fingerprint density at radius 3 is 2.73 bits per heavy atom. The molecule has 7 heteroatoms. The third-order valence-electron chi connectivity index (χ3n) is 3.32. The summed E-state index contributed by atoms with van der Waals surface area (Å²) in [7, 11) is 1.87. The molecule has 2 aromatic rings. The van der Waals surface area contributed by atoms with E-state index in [1.165, 1.54) is 30.5 Å². The molecule has 0 fully saturated rings. The summed E-state index contributed by atoms with van der Waals surface area (Å²) >= 11 is 1.52. The molecule has 0 aliphatic carbocycles. The second kappa shape index (κ2) is 8.95. The molecule has 0 bridgehead atoms. The monoisotopic (exact) mass is 473 g/mol. The topological polar surface area (TPSA) is 93.6 Å². The van der Waals surface area contributed by atoms with Gasteiger partial charge in [-0.15, -0.1) is 0 Å². The van der Waals surface area contributed by atoms with Crippen LogP contribution in [0, 0.1) is 6.92 Å². The summed E-state index contributed by atoms with van der Waals surface area (Å²) in [6, 6.07) is 6.35. The van der Waals surface area contributed by atoms with Crippen molar-refractivity contribution in [3.8, 4) is 11.4 Å². The number of benzene rings is 1. The summed E-state index contributed by atoms with van der Waals surface area (Å²) in [6.45, 7) is 5.43. The molecule has 6 nitrogen and oxygen atoms in total. The first-order valence-electron chi connectivity index (χ1n) is 6.68. The van der Waals surface area contributed by atoms with Crippen molar-refractivity contribution in [2.75, 3.05) is 5.48 Å². The molecule has 0 radical (unpaired) electrons. The average Bonchev–Trinajstić information content (AvgIpc) is 3.12. The van der Waals surface area contributed by atoms with Crippen LogP contribution >= 0.6 is 0 Å². The van der Waals surface area contributed by atoms with Gasteiger partial charge in [0.1, 0.15) is 11.6 Å². The van der Waals surface area contributed by atoms with Crippen LogP contribution in [0.1, 0.15) is 17.5 Å². The molecular weight excluding hydrogens is 452 g/mol. The van der Waals surface area contributed by atoms with E-state index in [9.17, 15) is 0 Å². The van der Waals surface area contributed by atoms with E-state index in [1.807, 2.05) is 11.6 Å². The Hall–Kier alpha value is -1.33. The fraction of sp³-hybridized carbons (Fsp3) is 0.267. The number of fused-ring (bicyclic) bond motifs is 1. The number of aromatic nitrogens is 2. The summed E-state index contributed by atoms with van der Waals surface area (Å²) in [6.07, 6.45) is 2.59. The Bertz CT molecular complexity index is 628. The van der Waals surface area contributed by atoms with Gasteiger partial charge in [0.2, 0.25) is 0 Å². The summed E-state index contributed by atoms with van der Waals surface area (Å²) in [5.74, 6) is 1.43. The van der Waals surface area contributed by atoms with Crippen molar-refractivity contribution in [1.29, 1.82) is 0 Å². The van der Waals surface area contributed by atoms with Crippen molar-refractivity contribution >= 4 is 10.2 Å². The maximum absolute atomic E-state index is 8.91. The van der Waals surface area contributed by atoms with E-state index in [-0.39, 0.29) is 5.48 Å². The van der Waals surface area contributed by atoms with Gasteiger partial charge in [0.25, 0.3) is 0 Å². The summed E-state index contributed by atoms with van der Waals surface area (Å²) in [5, 5.41) is 12.2. The van der Waals surface area contributed by atoms with E-state index in [1.54, 1.807) is 6.20 Å². The standard InChI is InChI=1S/C12H14N4O.C3H5.H2O.W/c1-16-11(15-17)7-14-12(16)8-2-3-9-5-13-6-10(9)4-8;1-3-2;;/h2-4,7,13,15,17H,5-6H2,1H3;1H,2-3H2;1H2;/q;-1;;. The Morgan fingerprint density at radius 1 is 1.45 bits per heavy atom. The van der Waals surface area contributed by atoms with Crippen molar-refractivity contribution in [1.82, 2.24) is 14.9 Å². The van der Waals surface area contributed by atoms with Crippen molar-refractivity contribution in [3.63, 3.8) is 0 Å². The van der Waals surface area contributed by atoms with E-state index >= 15 is 0 Å². The van der Waals surface area contributed by atoms with Crippen LogP contribution < -0.4 is 10.8 Å². The third kappa shape index (κ3) is 4.11. The van der Waals surface area contributed by atoms with Crippen molar-refractivity contribution in [2.45, 2.75) is 19.5 Å². The number of nitrogens with zero attached hydrogens (tertiary/aromatic N) is 2.